The van der Waals surface area contributed by atoms with Crippen LogP contribution in [0.2, 0.25) is 0 Å². The standard InChI is InChI=1S/C16H24N2O3S/c1-13-3-5-15(6-4-13)21-11-9-18-16(20)22-12-10-17(18)8-7-14(2)19/h3-6,14,19H,7-12H2,1-2H3. The minimum absolute atomic E-state index is 0.0596. The summed E-state index contributed by atoms with van der Waals surface area (Å²) in [6, 6.07) is 7.89. The molecule has 0 aromatic heterocycles. The maximum Gasteiger partial charge on any atom is 0.296 e. The lowest BCUT2D eigenvalue weighted by atomic mass is 10.2. The molecule has 1 unspecified atom stereocenters. The van der Waals surface area contributed by atoms with Crippen molar-refractivity contribution in [1.82, 2.24) is 10.0 Å². The Morgan fingerprint density at radius 2 is 2.05 bits per heavy atom. The van der Waals surface area contributed by atoms with Crippen LogP contribution in [0.1, 0.15) is 18.9 Å². The number of aliphatic hydroxyl groups is 1. The van der Waals surface area contributed by atoms with Crippen LogP contribution in [0.25, 0.3) is 0 Å². The first-order valence-corrected chi connectivity index (χ1v) is 8.61. The molecule has 1 aliphatic heterocycles. The topological polar surface area (TPSA) is 53.0 Å². The molecule has 0 radical (unpaired) electrons. The van der Waals surface area contributed by atoms with Crippen LogP contribution in [-0.2, 0) is 0 Å². The molecule has 0 spiro atoms. The third-order valence-corrected chi connectivity index (χ3v) is 4.37. The number of rotatable bonds is 7. The van der Waals surface area contributed by atoms with E-state index < -0.39 is 0 Å². The second-order valence-corrected chi connectivity index (χ2v) is 6.54. The fourth-order valence-electron chi connectivity index (χ4n) is 2.23. The second-order valence-electron chi connectivity index (χ2n) is 5.49. The zero-order valence-corrected chi connectivity index (χ0v) is 14.0. The van der Waals surface area contributed by atoms with Gasteiger partial charge in [0.1, 0.15) is 12.4 Å². The first-order chi connectivity index (χ1) is 10.6. The summed E-state index contributed by atoms with van der Waals surface area (Å²) in [6.07, 6.45) is 0.308. The molecule has 1 aromatic carbocycles. The van der Waals surface area contributed by atoms with Crippen LogP contribution in [0.3, 0.4) is 0 Å². The van der Waals surface area contributed by atoms with Crippen molar-refractivity contribution in [2.45, 2.75) is 26.4 Å². The van der Waals surface area contributed by atoms with Crippen LogP contribution in [0.5, 0.6) is 5.75 Å². The van der Waals surface area contributed by atoms with Crippen LogP contribution in [0.15, 0.2) is 24.3 Å². The molecule has 0 aliphatic carbocycles. The molecule has 1 amide bonds. The van der Waals surface area contributed by atoms with E-state index in [9.17, 15) is 9.90 Å². The van der Waals surface area contributed by atoms with Gasteiger partial charge in [0.2, 0.25) is 0 Å². The van der Waals surface area contributed by atoms with Crippen LogP contribution in [0, 0.1) is 6.92 Å². The maximum absolute atomic E-state index is 12.1. The zero-order valence-electron chi connectivity index (χ0n) is 13.2. The summed E-state index contributed by atoms with van der Waals surface area (Å²) < 4.78 is 5.71. The van der Waals surface area contributed by atoms with Gasteiger partial charge in [-0.05, 0) is 32.4 Å². The van der Waals surface area contributed by atoms with E-state index in [1.54, 1.807) is 11.9 Å². The predicted octanol–water partition coefficient (Wildman–Crippen LogP) is 2.53. The van der Waals surface area contributed by atoms with Gasteiger partial charge < -0.3 is 9.84 Å². The van der Waals surface area contributed by atoms with Gasteiger partial charge in [-0.1, -0.05) is 29.5 Å². The number of carbonyl (C=O) groups is 1. The number of hydrogen-bond acceptors (Lipinski definition) is 5. The van der Waals surface area contributed by atoms with E-state index in [1.165, 1.54) is 17.3 Å². The van der Waals surface area contributed by atoms with E-state index >= 15 is 0 Å². The van der Waals surface area contributed by atoms with Gasteiger partial charge >= 0.3 is 0 Å². The van der Waals surface area contributed by atoms with Crippen LogP contribution < -0.4 is 4.74 Å². The van der Waals surface area contributed by atoms with E-state index in [0.29, 0.717) is 26.1 Å². The Balaban J connectivity index is 1.84. The SMILES string of the molecule is Cc1ccc(OCCN2C(=O)SCCN2CCC(C)O)cc1. The van der Waals surface area contributed by atoms with Crippen molar-refractivity contribution in [3.63, 3.8) is 0 Å². The molecule has 1 aliphatic rings. The van der Waals surface area contributed by atoms with E-state index in [1.807, 2.05) is 36.2 Å². The van der Waals surface area contributed by atoms with Crippen molar-refractivity contribution >= 4 is 17.0 Å². The number of nitrogens with zero attached hydrogens (tertiary/aromatic N) is 2. The Labute approximate surface area is 136 Å². The summed E-state index contributed by atoms with van der Waals surface area (Å²) in [7, 11) is 0. The van der Waals surface area contributed by atoms with Crippen molar-refractivity contribution in [3.8, 4) is 5.75 Å². The Hall–Kier alpha value is -1.24. The van der Waals surface area contributed by atoms with Crippen LogP contribution in [0.4, 0.5) is 4.79 Å². The first kappa shape index (κ1) is 17.1. The molecule has 1 aromatic rings. The Kier molecular flexibility index (Phi) is 6.54. The van der Waals surface area contributed by atoms with Gasteiger partial charge in [0, 0.05) is 18.8 Å². The molecule has 1 saturated heterocycles. The molecule has 0 bridgehead atoms. The van der Waals surface area contributed by atoms with E-state index in [-0.39, 0.29) is 11.3 Å². The second kappa shape index (κ2) is 8.41. The minimum atomic E-state index is -0.352. The molecule has 6 heteroatoms. The fourth-order valence-corrected chi connectivity index (χ4v) is 3.07. The lowest BCUT2D eigenvalue weighted by molar-refractivity contribution is 0.00772. The number of benzene rings is 1. The molecule has 122 valence electrons. The normalized spacial score (nSPS) is 17.6. The average molecular weight is 324 g/mol. The summed E-state index contributed by atoms with van der Waals surface area (Å²) in [5, 5.41) is 13.2. The Morgan fingerprint density at radius 1 is 1.32 bits per heavy atom. The molecular weight excluding hydrogens is 300 g/mol. The van der Waals surface area contributed by atoms with Crippen molar-refractivity contribution < 1.29 is 14.6 Å². The predicted molar refractivity (Wildman–Crippen MR) is 89.1 cm³/mol. The lowest BCUT2D eigenvalue weighted by Crippen LogP contribution is -2.51. The number of ether oxygens (including phenoxy) is 1. The Morgan fingerprint density at radius 3 is 2.73 bits per heavy atom. The maximum atomic E-state index is 12.1. The smallest absolute Gasteiger partial charge is 0.296 e. The number of aryl methyl sites for hydroxylation is 1. The highest BCUT2D eigenvalue weighted by Gasteiger charge is 2.26. The van der Waals surface area contributed by atoms with Crippen molar-refractivity contribution in [2.75, 3.05) is 32.0 Å². The average Bonchev–Trinajstić information content (AvgIpc) is 2.49. The van der Waals surface area contributed by atoms with Gasteiger partial charge in [0.25, 0.3) is 5.24 Å². The highest BCUT2D eigenvalue weighted by Crippen LogP contribution is 2.19. The van der Waals surface area contributed by atoms with E-state index in [0.717, 1.165) is 18.0 Å². The molecule has 5 nitrogen and oxygen atoms in total. The summed E-state index contributed by atoms with van der Waals surface area (Å²) in [4.78, 5) is 12.1. The van der Waals surface area contributed by atoms with Gasteiger partial charge in [-0.3, -0.25) is 9.80 Å². The minimum Gasteiger partial charge on any atom is -0.492 e. The number of carbonyl (C=O) groups excluding carboxylic acids is 1. The third-order valence-electron chi connectivity index (χ3n) is 3.52. The number of hydrogen-bond donors (Lipinski definition) is 1. The summed E-state index contributed by atoms with van der Waals surface area (Å²) in [5.74, 6) is 1.62. The molecule has 1 heterocycles. The van der Waals surface area contributed by atoms with Gasteiger partial charge in [-0.15, -0.1) is 0 Å². The van der Waals surface area contributed by atoms with Gasteiger partial charge in [0.05, 0.1) is 12.6 Å². The highest BCUT2D eigenvalue weighted by atomic mass is 32.2. The highest BCUT2D eigenvalue weighted by molar-refractivity contribution is 8.13. The molecular formula is C16H24N2O3S. The van der Waals surface area contributed by atoms with Crippen molar-refractivity contribution in [1.29, 1.82) is 0 Å². The van der Waals surface area contributed by atoms with Gasteiger partial charge in [-0.2, -0.15) is 0 Å². The number of amides is 1. The molecule has 1 fully saturated rings. The monoisotopic (exact) mass is 324 g/mol. The first-order valence-electron chi connectivity index (χ1n) is 7.63. The summed E-state index contributed by atoms with van der Waals surface area (Å²) in [5.41, 5.74) is 1.19. The van der Waals surface area contributed by atoms with Gasteiger partial charge in [-0.25, -0.2) is 5.01 Å². The molecule has 1 atom stereocenters. The zero-order chi connectivity index (χ0) is 15.9. The van der Waals surface area contributed by atoms with Gasteiger partial charge in [0.15, 0.2) is 0 Å². The Bertz CT molecular complexity index is 479. The molecule has 22 heavy (non-hydrogen) atoms. The van der Waals surface area contributed by atoms with Crippen LogP contribution in [-0.4, -0.2) is 58.5 Å². The largest absolute Gasteiger partial charge is 0.492 e. The fraction of sp³-hybridized carbons (Fsp3) is 0.562. The van der Waals surface area contributed by atoms with Crippen molar-refractivity contribution in [2.24, 2.45) is 0 Å². The molecule has 2 rings (SSSR count). The summed E-state index contributed by atoms with van der Waals surface area (Å²) >= 11 is 1.34. The molecule has 1 N–H and O–H groups in total. The number of hydrazine groups is 1. The lowest BCUT2D eigenvalue weighted by Gasteiger charge is -2.38. The van der Waals surface area contributed by atoms with E-state index in [4.69, 9.17) is 4.74 Å². The molecule has 0 saturated carbocycles. The number of aliphatic hydroxyl groups excluding tert-OH is 1. The number of thioether (sulfide) groups is 1. The van der Waals surface area contributed by atoms with E-state index in [2.05, 4.69) is 0 Å². The quantitative estimate of drug-likeness (QED) is 0.835. The summed E-state index contributed by atoms with van der Waals surface area (Å²) in [6.45, 7) is 6.31. The van der Waals surface area contributed by atoms with Crippen LogP contribution >= 0.6 is 11.8 Å². The van der Waals surface area contributed by atoms with Crippen molar-refractivity contribution in [3.05, 3.63) is 29.8 Å². The third kappa shape index (κ3) is 5.19.